The van der Waals surface area contributed by atoms with E-state index in [-0.39, 0.29) is 0 Å². The molecule has 1 N–H and O–H groups in total. The summed E-state index contributed by atoms with van der Waals surface area (Å²) < 4.78 is 0. The number of aromatic hydroxyl groups is 1. The van der Waals surface area contributed by atoms with Crippen LogP contribution in [0, 0.1) is 0 Å². The van der Waals surface area contributed by atoms with Gasteiger partial charge < -0.3 is 5.11 Å². The molecule has 0 saturated heterocycles. The number of benzene rings is 1. The molecule has 0 aromatic heterocycles. The Morgan fingerprint density at radius 3 is 2.94 bits per heavy atom. The highest BCUT2D eigenvalue weighted by molar-refractivity contribution is 5.42. The number of rotatable bonds is 4. The van der Waals surface area contributed by atoms with Crippen LogP contribution in [0.3, 0.4) is 0 Å². The second kappa shape index (κ2) is 5.75. The minimum atomic E-state index is 0.474. The number of nitrogens with zero attached hydrogens (tertiary/aromatic N) is 1. The first-order valence-electron chi connectivity index (χ1n) is 7.17. The van der Waals surface area contributed by atoms with Crippen LogP contribution < -0.4 is 0 Å². The van der Waals surface area contributed by atoms with Crippen molar-refractivity contribution in [2.75, 3.05) is 7.05 Å². The van der Waals surface area contributed by atoms with Crippen LogP contribution in [0.25, 0.3) is 0 Å². The summed E-state index contributed by atoms with van der Waals surface area (Å²) in [5.41, 5.74) is 2.51. The van der Waals surface area contributed by atoms with Crippen molar-refractivity contribution in [2.45, 2.75) is 58.0 Å². The van der Waals surface area contributed by atoms with Gasteiger partial charge in [0.2, 0.25) is 0 Å². The average Bonchev–Trinajstić information content (AvgIpc) is 2.38. The van der Waals surface area contributed by atoms with Crippen LogP contribution in [0.15, 0.2) is 18.2 Å². The Bertz CT molecular complexity index is 402. The van der Waals surface area contributed by atoms with Crippen LogP contribution in [-0.4, -0.2) is 23.1 Å². The van der Waals surface area contributed by atoms with E-state index in [2.05, 4.69) is 31.9 Å². The Morgan fingerprint density at radius 2 is 2.22 bits per heavy atom. The zero-order chi connectivity index (χ0) is 13.1. The van der Waals surface area contributed by atoms with Gasteiger partial charge in [0.25, 0.3) is 0 Å². The van der Waals surface area contributed by atoms with Crippen LogP contribution in [0.4, 0.5) is 0 Å². The quantitative estimate of drug-likeness (QED) is 0.872. The molecule has 2 atom stereocenters. The summed E-state index contributed by atoms with van der Waals surface area (Å²) >= 11 is 0. The van der Waals surface area contributed by atoms with E-state index in [0.29, 0.717) is 17.8 Å². The molecule has 0 amide bonds. The smallest absolute Gasteiger partial charge is 0.119 e. The summed E-state index contributed by atoms with van der Waals surface area (Å²) in [5.74, 6) is 0.480. The van der Waals surface area contributed by atoms with E-state index in [1.807, 2.05) is 12.1 Å². The van der Waals surface area contributed by atoms with E-state index in [1.165, 1.54) is 36.8 Å². The number of fused-ring (bicyclic) bond motifs is 1. The summed E-state index contributed by atoms with van der Waals surface area (Å²) in [7, 11) is 2.23. The highest BCUT2D eigenvalue weighted by Crippen LogP contribution is 2.38. The first kappa shape index (κ1) is 13.4. The van der Waals surface area contributed by atoms with Crippen molar-refractivity contribution >= 4 is 0 Å². The first-order valence-corrected chi connectivity index (χ1v) is 7.17. The van der Waals surface area contributed by atoms with Gasteiger partial charge in [-0.25, -0.2) is 0 Å². The molecule has 2 unspecified atom stereocenters. The van der Waals surface area contributed by atoms with Gasteiger partial charge in [-0.15, -0.1) is 0 Å². The zero-order valence-electron chi connectivity index (χ0n) is 11.8. The SMILES string of the molecule is CCCC(C)N(C)C1CCCc2c(O)cccc21. The van der Waals surface area contributed by atoms with E-state index in [1.54, 1.807) is 0 Å². The highest BCUT2D eigenvalue weighted by atomic mass is 16.3. The molecular formula is C16H25NO. The maximum atomic E-state index is 9.98. The third kappa shape index (κ3) is 2.54. The third-order valence-electron chi connectivity index (χ3n) is 4.34. The summed E-state index contributed by atoms with van der Waals surface area (Å²) in [6, 6.07) is 7.06. The molecule has 0 heterocycles. The van der Waals surface area contributed by atoms with Crippen molar-refractivity contribution in [3.05, 3.63) is 29.3 Å². The Hall–Kier alpha value is -1.02. The monoisotopic (exact) mass is 247 g/mol. The average molecular weight is 247 g/mol. The number of hydrogen-bond donors (Lipinski definition) is 1. The van der Waals surface area contributed by atoms with Crippen molar-refractivity contribution in [3.63, 3.8) is 0 Å². The molecule has 0 aliphatic heterocycles. The van der Waals surface area contributed by atoms with Gasteiger partial charge in [0.1, 0.15) is 5.75 Å². The minimum absolute atomic E-state index is 0.474. The van der Waals surface area contributed by atoms with Crippen molar-refractivity contribution in [2.24, 2.45) is 0 Å². The van der Waals surface area contributed by atoms with Crippen LogP contribution >= 0.6 is 0 Å². The summed E-state index contributed by atoms with van der Waals surface area (Å²) in [6.07, 6.45) is 5.88. The second-order valence-electron chi connectivity index (χ2n) is 5.56. The number of hydrogen-bond acceptors (Lipinski definition) is 2. The molecule has 1 aliphatic rings. The van der Waals surface area contributed by atoms with E-state index in [0.717, 1.165) is 6.42 Å². The fourth-order valence-electron chi connectivity index (χ4n) is 3.16. The van der Waals surface area contributed by atoms with Gasteiger partial charge in [-0.2, -0.15) is 0 Å². The lowest BCUT2D eigenvalue weighted by Crippen LogP contribution is -2.34. The fraction of sp³-hybridized carbons (Fsp3) is 0.625. The van der Waals surface area contributed by atoms with Crippen molar-refractivity contribution in [3.8, 4) is 5.75 Å². The molecule has 2 nitrogen and oxygen atoms in total. The maximum Gasteiger partial charge on any atom is 0.119 e. The summed E-state index contributed by atoms with van der Waals surface area (Å²) in [5, 5.41) is 9.98. The molecular weight excluding hydrogens is 222 g/mol. The normalized spacial score (nSPS) is 20.8. The Balaban J connectivity index is 2.24. The summed E-state index contributed by atoms with van der Waals surface area (Å²) in [6.45, 7) is 4.55. The van der Waals surface area contributed by atoms with E-state index < -0.39 is 0 Å². The van der Waals surface area contributed by atoms with E-state index in [9.17, 15) is 5.11 Å². The van der Waals surface area contributed by atoms with Gasteiger partial charge in [0.05, 0.1) is 0 Å². The molecule has 0 bridgehead atoms. The van der Waals surface area contributed by atoms with Gasteiger partial charge >= 0.3 is 0 Å². The topological polar surface area (TPSA) is 23.5 Å². The van der Waals surface area contributed by atoms with Crippen LogP contribution in [0.1, 0.15) is 56.7 Å². The Morgan fingerprint density at radius 1 is 1.44 bits per heavy atom. The van der Waals surface area contributed by atoms with Crippen molar-refractivity contribution < 1.29 is 5.11 Å². The van der Waals surface area contributed by atoms with Crippen LogP contribution in [0.5, 0.6) is 5.75 Å². The number of phenolic OH excluding ortho intramolecular Hbond substituents is 1. The van der Waals surface area contributed by atoms with Gasteiger partial charge in [-0.1, -0.05) is 25.5 Å². The van der Waals surface area contributed by atoms with Gasteiger partial charge in [0, 0.05) is 12.1 Å². The first-order chi connectivity index (χ1) is 8.65. The molecule has 0 saturated carbocycles. The van der Waals surface area contributed by atoms with Crippen molar-refractivity contribution in [1.29, 1.82) is 0 Å². The standard InChI is InChI=1S/C16H25NO/c1-4-7-12(2)17(3)15-10-5-9-14-13(15)8-6-11-16(14)18/h6,8,11-12,15,18H,4-5,7,9-10H2,1-3H3. The van der Waals surface area contributed by atoms with Gasteiger partial charge in [-0.05, 0) is 56.8 Å². The number of phenols is 1. The molecule has 100 valence electrons. The maximum absolute atomic E-state index is 9.98. The lowest BCUT2D eigenvalue weighted by atomic mass is 9.85. The minimum Gasteiger partial charge on any atom is -0.508 e. The van der Waals surface area contributed by atoms with Gasteiger partial charge in [0.15, 0.2) is 0 Å². The summed E-state index contributed by atoms with van der Waals surface area (Å²) in [4.78, 5) is 2.49. The molecule has 0 fully saturated rings. The molecule has 1 aromatic carbocycles. The van der Waals surface area contributed by atoms with Gasteiger partial charge in [-0.3, -0.25) is 4.90 Å². The predicted octanol–water partition coefficient (Wildman–Crippen LogP) is 3.89. The van der Waals surface area contributed by atoms with E-state index >= 15 is 0 Å². The van der Waals surface area contributed by atoms with E-state index in [4.69, 9.17) is 0 Å². The molecule has 0 radical (unpaired) electrons. The third-order valence-corrected chi connectivity index (χ3v) is 4.34. The Labute approximate surface area is 111 Å². The lowest BCUT2D eigenvalue weighted by Gasteiger charge is -2.37. The predicted molar refractivity (Wildman–Crippen MR) is 75.9 cm³/mol. The fourth-order valence-corrected chi connectivity index (χ4v) is 3.16. The molecule has 0 spiro atoms. The molecule has 1 aromatic rings. The molecule has 2 rings (SSSR count). The van der Waals surface area contributed by atoms with Crippen molar-refractivity contribution in [1.82, 2.24) is 4.90 Å². The largest absolute Gasteiger partial charge is 0.508 e. The molecule has 18 heavy (non-hydrogen) atoms. The molecule has 2 heteroatoms. The Kier molecular flexibility index (Phi) is 4.28. The lowest BCUT2D eigenvalue weighted by molar-refractivity contribution is 0.159. The second-order valence-corrected chi connectivity index (χ2v) is 5.56. The van der Waals surface area contributed by atoms with Crippen LogP contribution in [-0.2, 0) is 6.42 Å². The highest BCUT2D eigenvalue weighted by Gasteiger charge is 2.27. The van der Waals surface area contributed by atoms with Crippen LogP contribution in [0.2, 0.25) is 0 Å². The zero-order valence-corrected chi connectivity index (χ0v) is 11.8. The molecule has 1 aliphatic carbocycles.